The maximum Gasteiger partial charge on any atom is 0.257 e. The van der Waals surface area contributed by atoms with Gasteiger partial charge in [0.05, 0.1) is 17.1 Å². The smallest absolute Gasteiger partial charge is 0.257 e. The van der Waals surface area contributed by atoms with Gasteiger partial charge < -0.3 is 18.9 Å². The van der Waals surface area contributed by atoms with Gasteiger partial charge in [-0.2, -0.15) is 0 Å². The molecule has 3 aliphatic heterocycles. The molecule has 2 atom stereocenters. The molecule has 2 amide bonds. The van der Waals surface area contributed by atoms with E-state index >= 15 is 0 Å². The number of likely N-dealkylation sites (tertiary alicyclic amines) is 1. The molecule has 3 fully saturated rings. The SMILES string of the molecule is O=C(c1ccn2ccccc12)N1CCC2(CC1)OC1CCC(c3cc(F)cc(F)c3)N1C2=O. The van der Waals surface area contributed by atoms with E-state index in [-0.39, 0.29) is 11.8 Å². The molecule has 1 aromatic carbocycles. The third-order valence-corrected chi connectivity index (χ3v) is 7.25. The van der Waals surface area contributed by atoms with Gasteiger partial charge in [-0.05, 0) is 48.7 Å². The highest BCUT2D eigenvalue weighted by atomic mass is 19.1. The number of rotatable bonds is 2. The van der Waals surface area contributed by atoms with Crippen LogP contribution in [-0.4, -0.2) is 50.9 Å². The van der Waals surface area contributed by atoms with Crippen LogP contribution in [0.5, 0.6) is 0 Å². The van der Waals surface area contributed by atoms with Gasteiger partial charge in [0, 0.05) is 44.4 Å². The molecule has 6 rings (SSSR count). The Labute approximate surface area is 189 Å². The number of pyridine rings is 1. The summed E-state index contributed by atoms with van der Waals surface area (Å²) in [5, 5.41) is 0. The van der Waals surface area contributed by atoms with E-state index in [1.54, 1.807) is 9.80 Å². The fourth-order valence-electron chi connectivity index (χ4n) is 5.62. The van der Waals surface area contributed by atoms with Crippen molar-refractivity contribution in [3.63, 3.8) is 0 Å². The van der Waals surface area contributed by atoms with E-state index in [4.69, 9.17) is 4.74 Å². The molecule has 3 saturated heterocycles. The van der Waals surface area contributed by atoms with Crippen LogP contribution in [0.4, 0.5) is 8.78 Å². The number of benzene rings is 1. The molecule has 0 aliphatic carbocycles. The molecule has 8 heteroatoms. The maximum absolute atomic E-state index is 13.8. The van der Waals surface area contributed by atoms with E-state index in [0.717, 1.165) is 11.6 Å². The van der Waals surface area contributed by atoms with Crippen molar-refractivity contribution < 1.29 is 23.1 Å². The van der Waals surface area contributed by atoms with Crippen LogP contribution in [0.15, 0.2) is 54.9 Å². The quantitative estimate of drug-likeness (QED) is 0.594. The van der Waals surface area contributed by atoms with E-state index in [9.17, 15) is 18.4 Å². The molecule has 6 nitrogen and oxygen atoms in total. The van der Waals surface area contributed by atoms with E-state index in [2.05, 4.69) is 0 Å². The van der Waals surface area contributed by atoms with Crippen LogP contribution in [0, 0.1) is 11.6 Å². The summed E-state index contributed by atoms with van der Waals surface area (Å²) in [5.41, 5.74) is 0.965. The van der Waals surface area contributed by atoms with Crippen molar-refractivity contribution >= 4 is 17.3 Å². The Morgan fingerprint density at radius 3 is 2.52 bits per heavy atom. The second-order valence-corrected chi connectivity index (χ2v) is 9.09. The number of nitrogens with zero attached hydrogens (tertiary/aromatic N) is 3. The number of fused-ring (bicyclic) bond motifs is 2. The Balaban J connectivity index is 1.20. The molecule has 0 saturated carbocycles. The van der Waals surface area contributed by atoms with Gasteiger partial charge in [0.1, 0.15) is 17.9 Å². The molecule has 0 radical (unpaired) electrons. The molecule has 3 aliphatic rings. The molecule has 170 valence electrons. The Morgan fingerprint density at radius 2 is 1.76 bits per heavy atom. The lowest BCUT2D eigenvalue weighted by molar-refractivity contribution is -0.142. The van der Waals surface area contributed by atoms with E-state index in [0.29, 0.717) is 49.9 Å². The Morgan fingerprint density at radius 1 is 1.00 bits per heavy atom. The lowest BCUT2D eigenvalue weighted by Gasteiger charge is -2.37. The minimum Gasteiger partial charge on any atom is -0.342 e. The van der Waals surface area contributed by atoms with Crippen LogP contribution < -0.4 is 0 Å². The minimum absolute atomic E-state index is 0.0578. The van der Waals surface area contributed by atoms with Gasteiger partial charge in [-0.25, -0.2) is 8.78 Å². The van der Waals surface area contributed by atoms with Crippen LogP contribution in [0.1, 0.15) is 47.6 Å². The van der Waals surface area contributed by atoms with Crippen molar-refractivity contribution in [3.8, 4) is 0 Å². The Hall–Kier alpha value is -3.26. The van der Waals surface area contributed by atoms with Gasteiger partial charge in [-0.3, -0.25) is 9.59 Å². The van der Waals surface area contributed by atoms with Gasteiger partial charge in [-0.15, -0.1) is 0 Å². The van der Waals surface area contributed by atoms with Gasteiger partial charge in [0.15, 0.2) is 5.60 Å². The molecule has 2 unspecified atom stereocenters. The summed E-state index contributed by atoms with van der Waals surface area (Å²) in [6, 6.07) is 10.5. The van der Waals surface area contributed by atoms with Crippen molar-refractivity contribution in [2.24, 2.45) is 0 Å². The highest BCUT2D eigenvalue weighted by Crippen LogP contribution is 2.47. The zero-order chi connectivity index (χ0) is 22.7. The first-order chi connectivity index (χ1) is 15.9. The third-order valence-electron chi connectivity index (χ3n) is 7.25. The van der Waals surface area contributed by atoms with E-state index in [1.807, 2.05) is 41.1 Å². The lowest BCUT2D eigenvalue weighted by Crippen LogP contribution is -2.51. The number of piperidine rings is 1. The van der Waals surface area contributed by atoms with Crippen LogP contribution in [-0.2, 0) is 9.53 Å². The van der Waals surface area contributed by atoms with Gasteiger partial charge >= 0.3 is 0 Å². The van der Waals surface area contributed by atoms with Crippen LogP contribution >= 0.6 is 0 Å². The second kappa shape index (κ2) is 7.38. The van der Waals surface area contributed by atoms with Crippen LogP contribution in [0.2, 0.25) is 0 Å². The number of aromatic nitrogens is 1. The molecular weight excluding hydrogens is 428 g/mol. The number of halogens is 2. The van der Waals surface area contributed by atoms with Crippen molar-refractivity contribution in [1.29, 1.82) is 0 Å². The number of carbonyl (C=O) groups excluding carboxylic acids is 2. The maximum atomic E-state index is 13.8. The number of amides is 2. The fourth-order valence-corrected chi connectivity index (χ4v) is 5.62. The van der Waals surface area contributed by atoms with Crippen molar-refractivity contribution in [2.75, 3.05) is 13.1 Å². The minimum atomic E-state index is -0.977. The summed E-state index contributed by atoms with van der Waals surface area (Å²) in [5.74, 6) is -1.50. The van der Waals surface area contributed by atoms with E-state index in [1.165, 1.54) is 12.1 Å². The van der Waals surface area contributed by atoms with Gasteiger partial charge in [0.2, 0.25) is 0 Å². The van der Waals surface area contributed by atoms with Crippen molar-refractivity contribution in [2.45, 2.75) is 43.6 Å². The molecule has 1 spiro atoms. The summed E-state index contributed by atoms with van der Waals surface area (Å²) in [7, 11) is 0. The topological polar surface area (TPSA) is 54.3 Å². The number of hydrogen-bond donors (Lipinski definition) is 0. The highest BCUT2D eigenvalue weighted by Gasteiger charge is 2.58. The van der Waals surface area contributed by atoms with Gasteiger partial charge in [-0.1, -0.05) is 6.07 Å². The van der Waals surface area contributed by atoms with Crippen LogP contribution in [0.25, 0.3) is 5.52 Å². The van der Waals surface area contributed by atoms with E-state index < -0.39 is 29.5 Å². The normalized spacial score (nSPS) is 24.1. The Bertz CT molecular complexity index is 1240. The van der Waals surface area contributed by atoms with Crippen molar-refractivity contribution in [1.82, 2.24) is 14.2 Å². The first kappa shape index (κ1) is 20.4. The number of ether oxygens (including phenoxy) is 1. The average Bonchev–Trinajstić information content (AvgIpc) is 3.48. The van der Waals surface area contributed by atoms with Crippen LogP contribution in [0.3, 0.4) is 0 Å². The molecule has 2 aromatic heterocycles. The summed E-state index contributed by atoms with van der Waals surface area (Å²) in [6.45, 7) is 0.823. The lowest BCUT2D eigenvalue weighted by atomic mass is 9.89. The zero-order valence-corrected chi connectivity index (χ0v) is 17.9. The standard InChI is InChI=1S/C25H23F2N3O3/c26-17-13-16(14-18(27)15-17)20-4-5-22-30(20)24(32)25(33-22)7-11-29(12-8-25)23(31)19-6-10-28-9-2-1-3-21(19)28/h1-3,6,9-10,13-15,20,22H,4-5,7-8,11-12H2. The number of hydrogen-bond acceptors (Lipinski definition) is 3. The van der Waals surface area contributed by atoms with Gasteiger partial charge in [0.25, 0.3) is 11.8 Å². The fraction of sp³-hybridized carbons (Fsp3) is 0.360. The monoisotopic (exact) mass is 451 g/mol. The zero-order valence-electron chi connectivity index (χ0n) is 17.9. The third kappa shape index (κ3) is 3.15. The molecule has 33 heavy (non-hydrogen) atoms. The first-order valence-electron chi connectivity index (χ1n) is 11.3. The molecule has 0 bridgehead atoms. The molecular formula is C25H23F2N3O3. The Kier molecular flexibility index (Phi) is 4.55. The first-order valence-corrected chi connectivity index (χ1v) is 11.3. The molecule has 3 aromatic rings. The average molecular weight is 451 g/mol. The molecule has 5 heterocycles. The number of carbonyl (C=O) groups is 2. The summed E-state index contributed by atoms with van der Waals surface area (Å²) < 4.78 is 35.8. The summed E-state index contributed by atoms with van der Waals surface area (Å²) in [4.78, 5) is 30.1. The predicted octanol–water partition coefficient (Wildman–Crippen LogP) is 3.91. The summed E-state index contributed by atoms with van der Waals surface area (Å²) >= 11 is 0. The summed E-state index contributed by atoms with van der Waals surface area (Å²) in [6.07, 6.45) is 5.39. The largest absolute Gasteiger partial charge is 0.342 e. The molecule has 0 N–H and O–H groups in total. The second-order valence-electron chi connectivity index (χ2n) is 9.09. The van der Waals surface area contributed by atoms with Crippen molar-refractivity contribution in [3.05, 3.63) is 77.6 Å². The highest BCUT2D eigenvalue weighted by molar-refractivity contribution is 6.01. The predicted molar refractivity (Wildman–Crippen MR) is 115 cm³/mol.